The summed E-state index contributed by atoms with van der Waals surface area (Å²) in [6, 6.07) is 13.6. The number of fused-ring (bicyclic) bond motifs is 2. The summed E-state index contributed by atoms with van der Waals surface area (Å²) in [5, 5.41) is 4.47. The van der Waals surface area contributed by atoms with Gasteiger partial charge in [-0.25, -0.2) is 9.78 Å². The number of pyridine rings is 1. The number of thiophene rings is 2. The molecule has 1 N–H and O–H groups in total. The lowest BCUT2D eigenvalue weighted by molar-refractivity contribution is 0.0505. The van der Waals surface area contributed by atoms with Crippen LogP contribution in [0.25, 0.3) is 21.5 Å². The van der Waals surface area contributed by atoms with Crippen LogP contribution in [0.1, 0.15) is 68.6 Å². The summed E-state index contributed by atoms with van der Waals surface area (Å²) in [6.07, 6.45) is 5.84. The molecule has 0 radical (unpaired) electrons. The monoisotopic (exact) mass is 504 g/mol. The third kappa shape index (κ3) is 4.88. The summed E-state index contributed by atoms with van der Waals surface area (Å²) in [6.45, 7) is 4.41. The minimum atomic E-state index is -0.337. The number of rotatable bonds is 6. The van der Waals surface area contributed by atoms with Crippen molar-refractivity contribution in [2.75, 3.05) is 11.9 Å². The Kier molecular flexibility index (Phi) is 6.97. The SMILES string of the molecule is CCCOC(=O)c1c(NC(=O)c2cc(-c3ccc(C)s3)nc3ccccc23)sc2c1CCCCC2. The van der Waals surface area contributed by atoms with Crippen LogP contribution in [-0.2, 0) is 17.6 Å². The fourth-order valence-corrected chi connectivity index (χ4v) is 6.65. The van der Waals surface area contributed by atoms with Crippen molar-refractivity contribution in [3.8, 4) is 10.6 Å². The number of para-hydroxylation sites is 1. The van der Waals surface area contributed by atoms with Crippen LogP contribution < -0.4 is 5.32 Å². The van der Waals surface area contributed by atoms with Crippen molar-refractivity contribution in [2.45, 2.75) is 52.4 Å². The normalized spacial score (nSPS) is 13.3. The number of anilines is 1. The molecule has 0 fully saturated rings. The first-order valence-corrected chi connectivity index (χ1v) is 13.8. The van der Waals surface area contributed by atoms with Crippen LogP contribution in [-0.4, -0.2) is 23.5 Å². The molecule has 1 aromatic carbocycles. The number of nitrogens with one attached hydrogen (secondary N) is 1. The molecule has 7 heteroatoms. The number of hydrogen-bond acceptors (Lipinski definition) is 6. The molecule has 5 rings (SSSR count). The van der Waals surface area contributed by atoms with Gasteiger partial charge in [0.2, 0.25) is 0 Å². The van der Waals surface area contributed by atoms with Gasteiger partial charge in [-0.1, -0.05) is 31.5 Å². The highest BCUT2D eigenvalue weighted by Crippen LogP contribution is 2.39. The van der Waals surface area contributed by atoms with Crippen LogP contribution in [0.5, 0.6) is 0 Å². The number of esters is 1. The largest absolute Gasteiger partial charge is 0.462 e. The summed E-state index contributed by atoms with van der Waals surface area (Å²) in [4.78, 5) is 35.0. The summed E-state index contributed by atoms with van der Waals surface area (Å²) in [7, 11) is 0. The van der Waals surface area contributed by atoms with Crippen LogP contribution in [0.4, 0.5) is 5.00 Å². The molecule has 5 nitrogen and oxygen atoms in total. The Labute approximate surface area is 213 Å². The van der Waals surface area contributed by atoms with Gasteiger partial charge in [0.25, 0.3) is 5.91 Å². The quantitative estimate of drug-likeness (QED) is 0.219. The van der Waals surface area contributed by atoms with E-state index in [4.69, 9.17) is 9.72 Å². The standard InChI is InChI=1S/C28H28N2O3S2/c1-3-15-33-28(32)25-19-10-5-4-6-12-23(19)35-27(25)30-26(31)20-16-22(24-14-13-17(2)34-24)29-21-11-8-7-9-18(20)21/h7-9,11,13-14,16H,3-6,10,12,15H2,1-2H3,(H,30,31). The summed E-state index contributed by atoms with van der Waals surface area (Å²) >= 11 is 3.18. The van der Waals surface area contributed by atoms with Crippen molar-refractivity contribution in [1.29, 1.82) is 0 Å². The lowest BCUT2D eigenvalue weighted by Crippen LogP contribution is -2.16. The number of carbonyl (C=O) groups excluding carboxylic acids is 2. The van der Waals surface area contributed by atoms with Crippen molar-refractivity contribution in [1.82, 2.24) is 4.98 Å². The molecule has 1 amide bonds. The Hall–Kier alpha value is -3.03. The van der Waals surface area contributed by atoms with Crippen LogP contribution in [0.3, 0.4) is 0 Å². The number of carbonyl (C=O) groups is 2. The Morgan fingerprint density at radius 2 is 1.89 bits per heavy atom. The van der Waals surface area contributed by atoms with E-state index in [1.165, 1.54) is 21.1 Å². The van der Waals surface area contributed by atoms with Gasteiger partial charge in [-0.3, -0.25) is 4.79 Å². The molecule has 1 aliphatic carbocycles. The highest BCUT2D eigenvalue weighted by atomic mass is 32.1. The first-order valence-electron chi connectivity index (χ1n) is 12.1. The Morgan fingerprint density at radius 1 is 1.06 bits per heavy atom. The fraction of sp³-hybridized carbons (Fsp3) is 0.321. The summed E-state index contributed by atoms with van der Waals surface area (Å²) < 4.78 is 5.53. The van der Waals surface area contributed by atoms with Crippen LogP contribution in [0.2, 0.25) is 0 Å². The van der Waals surface area contributed by atoms with Crippen molar-refractivity contribution in [3.63, 3.8) is 0 Å². The molecule has 0 atom stereocenters. The number of aromatic nitrogens is 1. The molecule has 4 aromatic rings. The van der Waals surface area contributed by atoms with Crippen LogP contribution in [0.15, 0.2) is 42.5 Å². The van der Waals surface area contributed by atoms with Gasteiger partial charge in [-0.05, 0) is 68.9 Å². The molecule has 3 heterocycles. The van der Waals surface area contributed by atoms with E-state index in [0.29, 0.717) is 22.7 Å². The van der Waals surface area contributed by atoms with Gasteiger partial charge in [0.05, 0.1) is 33.8 Å². The molecule has 35 heavy (non-hydrogen) atoms. The number of nitrogens with zero attached hydrogens (tertiary/aromatic N) is 1. The molecular formula is C28H28N2O3S2. The smallest absolute Gasteiger partial charge is 0.341 e. The topological polar surface area (TPSA) is 68.3 Å². The van der Waals surface area contributed by atoms with E-state index < -0.39 is 0 Å². The van der Waals surface area contributed by atoms with Crippen LogP contribution in [0, 0.1) is 6.92 Å². The van der Waals surface area contributed by atoms with Crippen molar-refractivity contribution >= 4 is 50.5 Å². The summed E-state index contributed by atoms with van der Waals surface area (Å²) in [5.74, 6) is -0.574. The zero-order valence-electron chi connectivity index (χ0n) is 20.0. The van der Waals surface area contributed by atoms with Crippen molar-refractivity contribution in [2.24, 2.45) is 0 Å². The minimum absolute atomic E-state index is 0.237. The first-order chi connectivity index (χ1) is 17.0. The fourth-order valence-electron chi connectivity index (χ4n) is 4.55. The number of ether oxygens (including phenoxy) is 1. The molecule has 3 aromatic heterocycles. The van der Waals surface area contributed by atoms with E-state index in [9.17, 15) is 9.59 Å². The molecule has 0 saturated carbocycles. The number of amides is 1. The van der Waals surface area contributed by atoms with Gasteiger partial charge in [0, 0.05) is 15.1 Å². The summed E-state index contributed by atoms with van der Waals surface area (Å²) in [5.41, 5.74) is 3.69. The highest BCUT2D eigenvalue weighted by molar-refractivity contribution is 7.17. The maximum Gasteiger partial charge on any atom is 0.341 e. The van der Waals surface area contributed by atoms with Gasteiger partial charge in [0.15, 0.2) is 0 Å². The van der Waals surface area contributed by atoms with Crippen molar-refractivity contribution < 1.29 is 14.3 Å². The number of benzene rings is 1. The van der Waals surface area contributed by atoms with E-state index in [0.717, 1.165) is 65.6 Å². The van der Waals surface area contributed by atoms with E-state index in [1.807, 2.05) is 43.3 Å². The zero-order valence-corrected chi connectivity index (χ0v) is 21.6. The molecular weight excluding hydrogens is 476 g/mol. The van der Waals surface area contributed by atoms with Gasteiger partial charge in [0.1, 0.15) is 5.00 Å². The molecule has 1 aliphatic rings. The average Bonchev–Trinajstić information content (AvgIpc) is 3.37. The van der Waals surface area contributed by atoms with Gasteiger partial charge in [-0.2, -0.15) is 0 Å². The van der Waals surface area contributed by atoms with E-state index in [2.05, 4.69) is 18.3 Å². The van der Waals surface area contributed by atoms with Crippen LogP contribution >= 0.6 is 22.7 Å². The number of aryl methyl sites for hydroxylation is 2. The molecule has 0 unspecified atom stereocenters. The molecule has 0 spiro atoms. The van der Waals surface area contributed by atoms with Gasteiger partial charge < -0.3 is 10.1 Å². The lowest BCUT2D eigenvalue weighted by Gasteiger charge is -2.11. The van der Waals surface area contributed by atoms with E-state index >= 15 is 0 Å². The number of hydrogen-bond donors (Lipinski definition) is 1. The second kappa shape index (κ2) is 10.3. The van der Waals surface area contributed by atoms with E-state index in [1.54, 1.807) is 11.3 Å². The second-order valence-electron chi connectivity index (χ2n) is 8.84. The third-order valence-electron chi connectivity index (χ3n) is 6.24. The second-order valence-corrected chi connectivity index (χ2v) is 11.2. The van der Waals surface area contributed by atoms with Gasteiger partial charge in [-0.15, -0.1) is 22.7 Å². The molecule has 180 valence electrons. The molecule has 0 aliphatic heterocycles. The maximum absolute atomic E-state index is 13.7. The van der Waals surface area contributed by atoms with Crippen molar-refractivity contribution in [3.05, 3.63) is 68.9 Å². The predicted octanol–water partition coefficient (Wildman–Crippen LogP) is 7.42. The third-order valence-corrected chi connectivity index (χ3v) is 8.47. The maximum atomic E-state index is 13.7. The zero-order chi connectivity index (χ0) is 24.4. The lowest BCUT2D eigenvalue weighted by atomic mass is 10.0. The predicted molar refractivity (Wildman–Crippen MR) is 144 cm³/mol. The minimum Gasteiger partial charge on any atom is -0.462 e. The first kappa shape index (κ1) is 23.7. The van der Waals surface area contributed by atoms with Gasteiger partial charge >= 0.3 is 5.97 Å². The molecule has 0 bridgehead atoms. The average molecular weight is 505 g/mol. The Balaban J connectivity index is 1.56. The highest BCUT2D eigenvalue weighted by Gasteiger charge is 2.27. The Bertz CT molecular complexity index is 1400. The molecule has 0 saturated heterocycles. The Morgan fingerprint density at radius 3 is 2.69 bits per heavy atom. The van der Waals surface area contributed by atoms with E-state index in [-0.39, 0.29) is 11.9 Å².